The van der Waals surface area contributed by atoms with E-state index >= 15 is 0 Å². The van der Waals surface area contributed by atoms with Gasteiger partial charge in [0.2, 0.25) is 5.91 Å². The van der Waals surface area contributed by atoms with Crippen molar-refractivity contribution in [2.24, 2.45) is 5.92 Å². The van der Waals surface area contributed by atoms with E-state index in [0.29, 0.717) is 13.1 Å². The normalized spacial score (nSPS) is 20.2. The van der Waals surface area contributed by atoms with Crippen LogP contribution in [0.15, 0.2) is 24.3 Å². The van der Waals surface area contributed by atoms with Crippen molar-refractivity contribution in [2.75, 3.05) is 26.7 Å². The quantitative estimate of drug-likeness (QED) is 0.911. The van der Waals surface area contributed by atoms with Crippen LogP contribution in [0.4, 0.5) is 0 Å². The molecule has 1 fully saturated rings. The smallest absolute Gasteiger partial charge is 0.227 e. The summed E-state index contributed by atoms with van der Waals surface area (Å²) in [5.41, 5.74) is 1.01. The fourth-order valence-corrected chi connectivity index (χ4v) is 3.62. The third kappa shape index (κ3) is 3.11. The Morgan fingerprint density at radius 3 is 2.80 bits per heavy atom. The van der Waals surface area contributed by atoms with Crippen LogP contribution in [-0.2, 0) is 17.9 Å². The topological polar surface area (TPSA) is 72.3 Å². The summed E-state index contributed by atoms with van der Waals surface area (Å²) in [5.74, 6) is 2.87. The number of nitrogens with one attached hydrogen (secondary N) is 1. The van der Waals surface area contributed by atoms with Crippen molar-refractivity contribution in [1.82, 2.24) is 25.0 Å². The minimum atomic E-state index is 0.101. The van der Waals surface area contributed by atoms with Gasteiger partial charge in [0.05, 0.1) is 19.6 Å². The molecule has 1 amide bonds. The zero-order valence-electron chi connectivity index (χ0n) is 14.4. The first-order valence-electron chi connectivity index (χ1n) is 8.82. The molecule has 0 bridgehead atoms. The van der Waals surface area contributed by atoms with Crippen LogP contribution < -0.4 is 10.1 Å². The summed E-state index contributed by atoms with van der Waals surface area (Å²) in [5, 5.41) is 12.0. The van der Waals surface area contributed by atoms with Gasteiger partial charge < -0.3 is 19.5 Å². The molecule has 1 aromatic heterocycles. The lowest BCUT2D eigenvalue weighted by molar-refractivity contribution is -0.137. The van der Waals surface area contributed by atoms with Crippen molar-refractivity contribution in [1.29, 1.82) is 0 Å². The first kappa shape index (κ1) is 16.1. The highest BCUT2D eigenvalue weighted by Crippen LogP contribution is 2.25. The molecule has 0 spiro atoms. The lowest BCUT2D eigenvalue weighted by Crippen LogP contribution is -2.46. The molecule has 0 radical (unpaired) electrons. The summed E-state index contributed by atoms with van der Waals surface area (Å²) in [7, 11) is 1.65. The Balaban J connectivity index is 1.51. The van der Waals surface area contributed by atoms with E-state index in [-0.39, 0.29) is 11.8 Å². The molecule has 0 unspecified atom stereocenters. The third-order valence-corrected chi connectivity index (χ3v) is 5.06. The maximum atomic E-state index is 12.7. The second kappa shape index (κ2) is 6.84. The van der Waals surface area contributed by atoms with Crippen molar-refractivity contribution in [2.45, 2.75) is 25.9 Å². The van der Waals surface area contributed by atoms with Crippen LogP contribution in [-0.4, -0.2) is 52.3 Å². The number of fused-ring (bicyclic) bond motifs is 1. The van der Waals surface area contributed by atoms with Crippen molar-refractivity contribution in [3.05, 3.63) is 30.1 Å². The fraction of sp³-hybridized carbons (Fsp3) is 0.500. The summed E-state index contributed by atoms with van der Waals surface area (Å²) in [4.78, 5) is 14.7. The molecule has 3 heterocycles. The standard InChI is InChI=1S/C18H23N5O2/c1-25-15-6-4-13(5-7-15)17-21-20-16-12-22(9-10-23(16)17)18(24)14-3-2-8-19-11-14/h4-7,14,19H,2-3,8-12H2,1H3/t14-/m1/s1. The highest BCUT2D eigenvalue weighted by atomic mass is 16.5. The zero-order valence-corrected chi connectivity index (χ0v) is 14.4. The van der Waals surface area contributed by atoms with Crippen LogP contribution >= 0.6 is 0 Å². The van der Waals surface area contributed by atoms with Gasteiger partial charge in [-0.05, 0) is 43.7 Å². The Kier molecular flexibility index (Phi) is 4.40. The largest absolute Gasteiger partial charge is 0.497 e. The van der Waals surface area contributed by atoms with Gasteiger partial charge in [0, 0.05) is 25.2 Å². The number of ether oxygens (including phenoxy) is 1. The van der Waals surface area contributed by atoms with Gasteiger partial charge in [-0.25, -0.2) is 0 Å². The Morgan fingerprint density at radius 1 is 1.24 bits per heavy atom. The number of amides is 1. The van der Waals surface area contributed by atoms with Crippen LogP contribution in [0.2, 0.25) is 0 Å². The number of carbonyl (C=O) groups excluding carboxylic acids is 1. The van der Waals surface area contributed by atoms with Gasteiger partial charge >= 0.3 is 0 Å². The lowest BCUT2D eigenvalue weighted by Gasteiger charge is -2.32. The molecule has 25 heavy (non-hydrogen) atoms. The summed E-state index contributed by atoms with van der Waals surface area (Å²) < 4.78 is 7.32. The second-order valence-electron chi connectivity index (χ2n) is 6.62. The molecule has 0 aliphatic carbocycles. The van der Waals surface area contributed by atoms with E-state index in [2.05, 4.69) is 20.1 Å². The number of aromatic nitrogens is 3. The number of rotatable bonds is 3. The van der Waals surface area contributed by atoms with E-state index in [1.165, 1.54) is 0 Å². The van der Waals surface area contributed by atoms with Crippen LogP contribution in [0.3, 0.4) is 0 Å². The average Bonchev–Trinajstić information content (AvgIpc) is 3.11. The Labute approximate surface area is 147 Å². The zero-order chi connectivity index (χ0) is 17.2. The Hall–Kier alpha value is -2.41. The van der Waals surface area contributed by atoms with Gasteiger partial charge in [-0.3, -0.25) is 4.79 Å². The number of hydrogen-bond donors (Lipinski definition) is 1. The van der Waals surface area contributed by atoms with E-state index in [9.17, 15) is 4.79 Å². The van der Waals surface area contributed by atoms with Crippen LogP contribution in [0, 0.1) is 5.92 Å². The summed E-state index contributed by atoms with van der Waals surface area (Å²) in [6.07, 6.45) is 2.05. The molecule has 1 saturated heterocycles. The number of piperidine rings is 1. The van der Waals surface area contributed by atoms with Crippen molar-refractivity contribution >= 4 is 5.91 Å². The van der Waals surface area contributed by atoms with Crippen LogP contribution in [0.25, 0.3) is 11.4 Å². The predicted molar refractivity (Wildman–Crippen MR) is 93.0 cm³/mol. The van der Waals surface area contributed by atoms with Crippen LogP contribution in [0.5, 0.6) is 5.75 Å². The summed E-state index contributed by atoms with van der Waals surface area (Å²) in [6.45, 7) is 3.79. The van der Waals surface area contributed by atoms with Gasteiger partial charge in [0.25, 0.3) is 0 Å². The SMILES string of the molecule is COc1ccc(-c2nnc3n2CCN(C(=O)[C@@H]2CCCNC2)C3)cc1. The van der Waals surface area contributed by atoms with E-state index in [1.807, 2.05) is 29.2 Å². The van der Waals surface area contributed by atoms with E-state index in [1.54, 1.807) is 7.11 Å². The number of nitrogens with zero attached hydrogens (tertiary/aromatic N) is 4. The maximum absolute atomic E-state index is 12.7. The van der Waals surface area contributed by atoms with Gasteiger partial charge in [-0.2, -0.15) is 0 Å². The number of carbonyl (C=O) groups is 1. The van der Waals surface area contributed by atoms with Gasteiger partial charge in [0.15, 0.2) is 11.6 Å². The number of methoxy groups -OCH3 is 1. The monoisotopic (exact) mass is 341 g/mol. The van der Waals surface area contributed by atoms with Crippen LogP contribution in [0.1, 0.15) is 18.7 Å². The lowest BCUT2D eigenvalue weighted by atomic mass is 9.98. The van der Waals surface area contributed by atoms with E-state index in [0.717, 1.165) is 55.4 Å². The molecule has 2 aliphatic rings. The van der Waals surface area contributed by atoms with Gasteiger partial charge in [-0.1, -0.05) is 0 Å². The Morgan fingerprint density at radius 2 is 2.08 bits per heavy atom. The molecule has 4 rings (SSSR count). The summed E-state index contributed by atoms with van der Waals surface area (Å²) in [6, 6.07) is 7.82. The fourth-order valence-electron chi connectivity index (χ4n) is 3.62. The van der Waals surface area contributed by atoms with Gasteiger partial charge in [0.1, 0.15) is 5.75 Å². The molecule has 1 aromatic carbocycles. The molecule has 132 valence electrons. The highest BCUT2D eigenvalue weighted by molar-refractivity contribution is 5.79. The van der Waals surface area contributed by atoms with Crippen molar-refractivity contribution in [3.63, 3.8) is 0 Å². The predicted octanol–water partition coefficient (Wildman–Crippen LogP) is 1.30. The molecule has 2 aromatic rings. The second-order valence-corrected chi connectivity index (χ2v) is 6.62. The minimum absolute atomic E-state index is 0.101. The van der Waals surface area contributed by atoms with Crippen molar-refractivity contribution < 1.29 is 9.53 Å². The number of hydrogen-bond acceptors (Lipinski definition) is 5. The maximum Gasteiger partial charge on any atom is 0.227 e. The molecular weight excluding hydrogens is 318 g/mol. The molecule has 7 nitrogen and oxygen atoms in total. The first-order valence-corrected chi connectivity index (χ1v) is 8.82. The highest BCUT2D eigenvalue weighted by Gasteiger charge is 2.30. The molecule has 0 saturated carbocycles. The van der Waals surface area contributed by atoms with Gasteiger partial charge in [-0.15, -0.1) is 10.2 Å². The third-order valence-electron chi connectivity index (χ3n) is 5.06. The van der Waals surface area contributed by atoms with E-state index < -0.39 is 0 Å². The summed E-state index contributed by atoms with van der Waals surface area (Å²) >= 11 is 0. The number of benzene rings is 1. The minimum Gasteiger partial charge on any atom is -0.497 e. The molecule has 7 heteroatoms. The molecule has 1 atom stereocenters. The molecular formula is C18H23N5O2. The van der Waals surface area contributed by atoms with Crippen molar-refractivity contribution in [3.8, 4) is 17.1 Å². The molecule has 2 aliphatic heterocycles. The average molecular weight is 341 g/mol. The first-order chi connectivity index (χ1) is 12.3. The molecule has 1 N–H and O–H groups in total. The van der Waals surface area contributed by atoms with E-state index in [4.69, 9.17) is 4.74 Å². The Bertz CT molecular complexity index is 749.